The second-order valence-corrected chi connectivity index (χ2v) is 5.94. The molecule has 5 heteroatoms. The van der Waals surface area contributed by atoms with Crippen LogP contribution >= 0.6 is 11.3 Å². The number of anilines is 1. The topological polar surface area (TPSA) is 61.0 Å². The van der Waals surface area contributed by atoms with Gasteiger partial charge in [-0.3, -0.25) is 4.98 Å². The van der Waals surface area contributed by atoms with Gasteiger partial charge in [-0.2, -0.15) is 0 Å². The standard InChI is InChI=1S/C16H13N3OS/c17-14-4-3-11(9-19-14)13-8-10-5-7-20-12-2-1-6-18-15(12)16(10)21-13/h1-4,6,8-9H,5,7H2,(H2,17,19). The first-order valence-electron chi connectivity index (χ1n) is 6.74. The molecular formula is C16H13N3OS. The number of thiophene rings is 1. The first kappa shape index (κ1) is 12.3. The predicted molar refractivity (Wildman–Crippen MR) is 84.4 cm³/mol. The second-order valence-electron chi connectivity index (χ2n) is 4.89. The van der Waals surface area contributed by atoms with Gasteiger partial charge in [0, 0.05) is 29.3 Å². The SMILES string of the molecule is Nc1ccc(-c2cc3c(s2)-c2ncccc2OCC3)cn1. The molecule has 21 heavy (non-hydrogen) atoms. The van der Waals surface area contributed by atoms with E-state index in [2.05, 4.69) is 16.0 Å². The molecule has 0 fully saturated rings. The van der Waals surface area contributed by atoms with E-state index in [1.54, 1.807) is 11.3 Å². The van der Waals surface area contributed by atoms with Crippen LogP contribution in [-0.2, 0) is 6.42 Å². The van der Waals surface area contributed by atoms with E-state index in [4.69, 9.17) is 10.5 Å². The molecule has 0 saturated heterocycles. The third-order valence-corrected chi connectivity index (χ3v) is 4.73. The number of nitrogens with two attached hydrogens (primary N) is 1. The fourth-order valence-electron chi connectivity index (χ4n) is 2.46. The van der Waals surface area contributed by atoms with Crippen molar-refractivity contribution in [1.29, 1.82) is 0 Å². The van der Waals surface area contributed by atoms with Crippen LogP contribution in [0.15, 0.2) is 42.7 Å². The van der Waals surface area contributed by atoms with Crippen LogP contribution in [-0.4, -0.2) is 16.6 Å². The average molecular weight is 295 g/mol. The van der Waals surface area contributed by atoms with Crippen LogP contribution in [0.2, 0.25) is 0 Å². The third-order valence-electron chi connectivity index (χ3n) is 3.49. The number of fused-ring (bicyclic) bond motifs is 3. The van der Waals surface area contributed by atoms with Gasteiger partial charge in [0.1, 0.15) is 17.3 Å². The number of aromatic nitrogens is 2. The van der Waals surface area contributed by atoms with Crippen molar-refractivity contribution in [3.8, 4) is 26.8 Å². The van der Waals surface area contributed by atoms with E-state index in [-0.39, 0.29) is 0 Å². The molecule has 0 bridgehead atoms. The molecule has 3 aromatic rings. The lowest BCUT2D eigenvalue weighted by molar-refractivity contribution is 0.325. The molecule has 2 N–H and O–H groups in total. The first-order valence-corrected chi connectivity index (χ1v) is 7.56. The molecule has 1 aliphatic heterocycles. The summed E-state index contributed by atoms with van der Waals surface area (Å²) in [5.74, 6) is 1.40. The van der Waals surface area contributed by atoms with Crippen LogP contribution < -0.4 is 10.5 Å². The molecule has 4 nitrogen and oxygen atoms in total. The van der Waals surface area contributed by atoms with Gasteiger partial charge in [0.15, 0.2) is 0 Å². The Kier molecular flexibility index (Phi) is 2.86. The molecule has 3 aromatic heterocycles. The Hall–Kier alpha value is -2.40. The van der Waals surface area contributed by atoms with Gasteiger partial charge in [-0.15, -0.1) is 11.3 Å². The molecule has 0 spiro atoms. The summed E-state index contributed by atoms with van der Waals surface area (Å²) in [7, 11) is 0. The highest BCUT2D eigenvalue weighted by molar-refractivity contribution is 7.19. The number of ether oxygens (including phenoxy) is 1. The second kappa shape index (κ2) is 4.86. The van der Waals surface area contributed by atoms with E-state index < -0.39 is 0 Å². The van der Waals surface area contributed by atoms with Crippen molar-refractivity contribution in [2.75, 3.05) is 12.3 Å². The maximum atomic E-state index is 5.77. The van der Waals surface area contributed by atoms with Gasteiger partial charge in [0.05, 0.1) is 11.5 Å². The molecule has 0 amide bonds. The highest BCUT2D eigenvalue weighted by Gasteiger charge is 2.20. The van der Waals surface area contributed by atoms with Crippen molar-refractivity contribution < 1.29 is 4.74 Å². The molecule has 0 radical (unpaired) electrons. The predicted octanol–water partition coefficient (Wildman–Crippen LogP) is 3.39. The Bertz CT molecular complexity index is 796. The van der Waals surface area contributed by atoms with Crippen LogP contribution in [0.25, 0.3) is 21.0 Å². The van der Waals surface area contributed by atoms with E-state index >= 15 is 0 Å². The maximum absolute atomic E-state index is 5.77. The summed E-state index contributed by atoms with van der Waals surface area (Å²) in [6.45, 7) is 0.682. The van der Waals surface area contributed by atoms with Crippen LogP contribution in [0, 0.1) is 0 Å². The summed E-state index contributed by atoms with van der Waals surface area (Å²) in [5.41, 5.74) is 8.95. The quantitative estimate of drug-likeness (QED) is 0.747. The minimum atomic E-state index is 0.539. The Morgan fingerprint density at radius 2 is 2.14 bits per heavy atom. The smallest absolute Gasteiger partial charge is 0.146 e. The van der Waals surface area contributed by atoms with Gasteiger partial charge in [-0.1, -0.05) is 0 Å². The van der Waals surface area contributed by atoms with Crippen molar-refractivity contribution >= 4 is 17.2 Å². The van der Waals surface area contributed by atoms with Crippen LogP contribution in [0.1, 0.15) is 5.56 Å². The summed E-state index contributed by atoms with van der Waals surface area (Å²) in [6, 6.07) is 9.92. The van der Waals surface area contributed by atoms with Crippen molar-refractivity contribution in [3.63, 3.8) is 0 Å². The third kappa shape index (κ3) is 2.15. The fraction of sp³-hybridized carbons (Fsp3) is 0.125. The Morgan fingerprint density at radius 3 is 3.00 bits per heavy atom. The minimum absolute atomic E-state index is 0.539. The van der Waals surface area contributed by atoms with Gasteiger partial charge >= 0.3 is 0 Å². The lowest BCUT2D eigenvalue weighted by Crippen LogP contribution is -1.98. The molecule has 0 aromatic carbocycles. The molecule has 1 aliphatic rings. The van der Waals surface area contributed by atoms with Gasteiger partial charge in [-0.25, -0.2) is 4.98 Å². The van der Waals surface area contributed by atoms with Crippen molar-refractivity contribution in [1.82, 2.24) is 9.97 Å². The van der Waals surface area contributed by atoms with Crippen molar-refractivity contribution in [2.24, 2.45) is 0 Å². The highest BCUT2D eigenvalue weighted by atomic mass is 32.1. The molecule has 104 valence electrons. The van der Waals surface area contributed by atoms with Crippen LogP contribution in [0.5, 0.6) is 5.75 Å². The largest absolute Gasteiger partial charge is 0.491 e. The normalized spacial score (nSPS) is 13.0. The Balaban J connectivity index is 1.85. The minimum Gasteiger partial charge on any atom is -0.491 e. The van der Waals surface area contributed by atoms with E-state index in [1.165, 1.54) is 15.3 Å². The fourth-order valence-corrected chi connectivity index (χ4v) is 3.66. The Morgan fingerprint density at radius 1 is 1.19 bits per heavy atom. The van der Waals surface area contributed by atoms with Gasteiger partial charge in [-0.05, 0) is 35.9 Å². The monoisotopic (exact) mass is 295 g/mol. The van der Waals surface area contributed by atoms with Crippen molar-refractivity contribution in [3.05, 3.63) is 48.3 Å². The number of nitrogen functional groups attached to an aromatic ring is 1. The number of nitrogens with zero attached hydrogens (tertiary/aromatic N) is 2. The van der Waals surface area contributed by atoms with Crippen LogP contribution in [0.3, 0.4) is 0 Å². The zero-order chi connectivity index (χ0) is 14.2. The van der Waals surface area contributed by atoms with E-state index in [0.717, 1.165) is 23.4 Å². The molecule has 0 unspecified atom stereocenters. The number of rotatable bonds is 1. The number of hydrogen-bond donors (Lipinski definition) is 1. The summed E-state index contributed by atoms with van der Waals surface area (Å²) in [5, 5.41) is 0. The molecule has 4 heterocycles. The summed E-state index contributed by atoms with van der Waals surface area (Å²) in [6.07, 6.45) is 4.52. The lowest BCUT2D eigenvalue weighted by Gasteiger charge is -2.04. The Labute approximate surface area is 126 Å². The molecule has 0 saturated carbocycles. The maximum Gasteiger partial charge on any atom is 0.146 e. The summed E-state index contributed by atoms with van der Waals surface area (Å²) >= 11 is 1.73. The van der Waals surface area contributed by atoms with E-state index in [9.17, 15) is 0 Å². The van der Waals surface area contributed by atoms with Crippen LogP contribution in [0.4, 0.5) is 5.82 Å². The average Bonchev–Trinajstić information content (AvgIpc) is 2.85. The summed E-state index contributed by atoms with van der Waals surface area (Å²) in [4.78, 5) is 11.0. The van der Waals surface area contributed by atoms with Gasteiger partial charge in [0.2, 0.25) is 0 Å². The molecule has 4 rings (SSSR count). The van der Waals surface area contributed by atoms with Crippen molar-refractivity contribution in [2.45, 2.75) is 6.42 Å². The van der Waals surface area contributed by atoms with E-state index in [0.29, 0.717) is 12.4 Å². The first-order chi connectivity index (χ1) is 10.3. The number of pyridine rings is 2. The van der Waals surface area contributed by atoms with Gasteiger partial charge in [0.25, 0.3) is 0 Å². The zero-order valence-corrected chi connectivity index (χ0v) is 12.1. The summed E-state index contributed by atoms with van der Waals surface area (Å²) < 4.78 is 5.77. The lowest BCUT2D eigenvalue weighted by atomic mass is 10.1. The molecular weight excluding hydrogens is 282 g/mol. The van der Waals surface area contributed by atoms with Gasteiger partial charge < -0.3 is 10.5 Å². The zero-order valence-electron chi connectivity index (χ0n) is 11.2. The molecule has 0 aliphatic carbocycles. The van der Waals surface area contributed by atoms with E-state index in [1.807, 2.05) is 36.7 Å². The number of hydrogen-bond acceptors (Lipinski definition) is 5. The molecule has 0 atom stereocenters. The highest BCUT2D eigenvalue weighted by Crippen LogP contribution is 2.42.